The molecule has 0 spiro atoms. The predicted octanol–water partition coefficient (Wildman–Crippen LogP) is 4.45. The lowest BCUT2D eigenvalue weighted by Crippen LogP contribution is -2.48. The van der Waals surface area contributed by atoms with Crippen molar-refractivity contribution in [1.29, 1.82) is 0 Å². The fourth-order valence-electron chi connectivity index (χ4n) is 4.78. The van der Waals surface area contributed by atoms with Gasteiger partial charge in [0.1, 0.15) is 6.67 Å². The SMILES string of the molecule is CC1CCCCN1C(=O)CNC1CCC(CNC(=O)c2cc(CF)cc(C(F)(F)F)c2)CC1. The van der Waals surface area contributed by atoms with Gasteiger partial charge in [0, 0.05) is 30.7 Å². The van der Waals surface area contributed by atoms with Crippen LogP contribution in [0.15, 0.2) is 18.2 Å². The summed E-state index contributed by atoms with van der Waals surface area (Å²) in [6.07, 6.45) is 2.09. The third-order valence-corrected chi connectivity index (χ3v) is 6.80. The summed E-state index contributed by atoms with van der Waals surface area (Å²) >= 11 is 0. The summed E-state index contributed by atoms with van der Waals surface area (Å²) < 4.78 is 52.0. The third-order valence-electron chi connectivity index (χ3n) is 6.80. The van der Waals surface area contributed by atoms with E-state index in [4.69, 9.17) is 0 Å². The minimum absolute atomic E-state index is 0.144. The summed E-state index contributed by atoms with van der Waals surface area (Å²) in [4.78, 5) is 26.8. The molecule has 1 saturated heterocycles. The number of likely N-dealkylation sites (tertiary alicyclic amines) is 1. The first-order valence-electron chi connectivity index (χ1n) is 11.8. The molecule has 1 aliphatic carbocycles. The Morgan fingerprint density at radius 1 is 1.06 bits per heavy atom. The van der Waals surface area contributed by atoms with Crippen LogP contribution in [-0.2, 0) is 17.6 Å². The van der Waals surface area contributed by atoms with Crippen molar-refractivity contribution >= 4 is 11.8 Å². The van der Waals surface area contributed by atoms with E-state index in [1.807, 2.05) is 4.90 Å². The number of rotatable bonds is 7. The molecule has 3 rings (SSSR count). The maximum atomic E-state index is 13.0. The second-order valence-electron chi connectivity index (χ2n) is 9.29. The lowest BCUT2D eigenvalue weighted by Gasteiger charge is -2.34. The van der Waals surface area contributed by atoms with Crippen molar-refractivity contribution < 1.29 is 27.2 Å². The predicted molar refractivity (Wildman–Crippen MR) is 117 cm³/mol. The van der Waals surface area contributed by atoms with Crippen LogP contribution in [0.2, 0.25) is 0 Å². The number of amides is 2. The molecular formula is C24H33F4N3O2. The minimum atomic E-state index is -4.64. The molecule has 9 heteroatoms. The zero-order valence-electron chi connectivity index (χ0n) is 19.0. The second-order valence-corrected chi connectivity index (χ2v) is 9.29. The van der Waals surface area contributed by atoms with Crippen LogP contribution in [0.25, 0.3) is 0 Å². The molecule has 5 nitrogen and oxygen atoms in total. The topological polar surface area (TPSA) is 61.4 Å². The number of benzene rings is 1. The highest BCUT2D eigenvalue weighted by atomic mass is 19.4. The summed E-state index contributed by atoms with van der Waals surface area (Å²) in [5, 5.41) is 6.06. The molecule has 0 radical (unpaired) electrons. The van der Waals surface area contributed by atoms with E-state index < -0.39 is 24.3 Å². The molecule has 0 bridgehead atoms. The van der Waals surface area contributed by atoms with E-state index in [2.05, 4.69) is 17.6 Å². The molecule has 2 aliphatic rings. The Labute approximate surface area is 192 Å². The molecule has 184 valence electrons. The van der Waals surface area contributed by atoms with Crippen molar-refractivity contribution in [3.8, 4) is 0 Å². The largest absolute Gasteiger partial charge is 0.416 e. The summed E-state index contributed by atoms with van der Waals surface area (Å²) in [6.45, 7) is 2.54. The second kappa shape index (κ2) is 11.3. The molecule has 0 aromatic heterocycles. The van der Waals surface area contributed by atoms with Crippen molar-refractivity contribution in [1.82, 2.24) is 15.5 Å². The lowest BCUT2D eigenvalue weighted by molar-refractivity contribution is -0.137. The third kappa shape index (κ3) is 7.16. The monoisotopic (exact) mass is 471 g/mol. The van der Waals surface area contributed by atoms with Crippen LogP contribution >= 0.6 is 0 Å². The lowest BCUT2D eigenvalue weighted by atomic mass is 9.86. The number of alkyl halides is 4. The van der Waals surface area contributed by atoms with Crippen LogP contribution in [0, 0.1) is 5.92 Å². The van der Waals surface area contributed by atoms with E-state index in [0.717, 1.165) is 63.3 Å². The summed E-state index contributed by atoms with van der Waals surface area (Å²) in [5.74, 6) is -0.265. The Morgan fingerprint density at radius 2 is 1.79 bits per heavy atom. The Hall–Kier alpha value is -2.16. The number of halogens is 4. The van der Waals surface area contributed by atoms with Crippen LogP contribution in [0.4, 0.5) is 17.6 Å². The van der Waals surface area contributed by atoms with Crippen molar-refractivity contribution in [3.63, 3.8) is 0 Å². The number of carbonyl (C=O) groups is 2. The highest BCUT2D eigenvalue weighted by Crippen LogP contribution is 2.31. The summed E-state index contributed by atoms with van der Waals surface area (Å²) in [7, 11) is 0. The van der Waals surface area contributed by atoms with Gasteiger partial charge in [0.15, 0.2) is 0 Å². The Morgan fingerprint density at radius 3 is 2.42 bits per heavy atom. The van der Waals surface area contributed by atoms with Gasteiger partial charge in [-0.15, -0.1) is 0 Å². The van der Waals surface area contributed by atoms with E-state index >= 15 is 0 Å². The molecule has 2 amide bonds. The van der Waals surface area contributed by atoms with Crippen LogP contribution in [0.1, 0.15) is 73.4 Å². The molecule has 1 aliphatic heterocycles. The van der Waals surface area contributed by atoms with Gasteiger partial charge >= 0.3 is 6.18 Å². The molecule has 1 unspecified atom stereocenters. The number of carbonyl (C=O) groups excluding carboxylic acids is 2. The fourth-order valence-corrected chi connectivity index (χ4v) is 4.78. The number of nitrogens with zero attached hydrogens (tertiary/aromatic N) is 1. The number of piperidine rings is 1. The number of nitrogens with one attached hydrogen (secondary N) is 2. The van der Waals surface area contributed by atoms with Crippen molar-refractivity contribution in [3.05, 3.63) is 34.9 Å². The zero-order chi connectivity index (χ0) is 24.0. The van der Waals surface area contributed by atoms with E-state index in [0.29, 0.717) is 19.1 Å². The van der Waals surface area contributed by atoms with Gasteiger partial charge in [0.05, 0.1) is 12.1 Å². The van der Waals surface area contributed by atoms with Crippen LogP contribution in [0.5, 0.6) is 0 Å². The van der Waals surface area contributed by atoms with Crippen LogP contribution in [0.3, 0.4) is 0 Å². The van der Waals surface area contributed by atoms with Crippen LogP contribution in [-0.4, -0.2) is 48.4 Å². The normalized spacial score (nSPS) is 23.9. The molecule has 1 atom stereocenters. The maximum absolute atomic E-state index is 13.0. The van der Waals surface area contributed by atoms with Gasteiger partial charge in [0.2, 0.25) is 5.91 Å². The van der Waals surface area contributed by atoms with E-state index in [9.17, 15) is 27.2 Å². The van der Waals surface area contributed by atoms with Gasteiger partial charge < -0.3 is 15.5 Å². The molecule has 1 aromatic rings. The molecule has 33 heavy (non-hydrogen) atoms. The van der Waals surface area contributed by atoms with Gasteiger partial charge in [-0.25, -0.2) is 4.39 Å². The first kappa shape index (κ1) is 25.5. The summed E-state index contributed by atoms with van der Waals surface area (Å²) in [6, 6.07) is 3.19. The molecule has 2 fully saturated rings. The van der Waals surface area contributed by atoms with Gasteiger partial charge in [-0.05, 0) is 81.5 Å². The molecular weight excluding hydrogens is 438 g/mol. The highest BCUT2D eigenvalue weighted by Gasteiger charge is 2.32. The Kier molecular flexibility index (Phi) is 8.73. The number of hydrogen-bond donors (Lipinski definition) is 2. The smallest absolute Gasteiger partial charge is 0.352 e. The standard InChI is InChI=1S/C24H33F4N3O2/c1-16-4-2-3-9-31(16)22(32)15-29-21-7-5-17(6-8-21)14-30-23(33)19-10-18(13-25)11-20(12-19)24(26,27)28/h10-12,16-17,21,29H,2-9,13-15H2,1H3,(H,30,33). The average Bonchev–Trinajstić information content (AvgIpc) is 2.81. The molecule has 1 saturated carbocycles. The van der Waals surface area contributed by atoms with Crippen LogP contribution < -0.4 is 10.6 Å². The van der Waals surface area contributed by atoms with E-state index in [1.165, 1.54) is 6.42 Å². The summed E-state index contributed by atoms with van der Waals surface area (Å²) in [5.41, 5.74) is -1.38. The van der Waals surface area contributed by atoms with Gasteiger partial charge in [-0.1, -0.05) is 0 Å². The molecule has 2 N–H and O–H groups in total. The van der Waals surface area contributed by atoms with E-state index in [1.54, 1.807) is 0 Å². The van der Waals surface area contributed by atoms with Gasteiger partial charge in [-0.3, -0.25) is 9.59 Å². The van der Waals surface area contributed by atoms with Crippen molar-refractivity contribution in [2.75, 3.05) is 19.6 Å². The highest BCUT2D eigenvalue weighted by molar-refractivity contribution is 5.94. The Bertz CT molecular complexity index is 822. The van der Waals surface area contributed by atoms with Gasteiger partial charge in [0.25, 0.3) is 5.91 Å². The van der Waals surface area contributed by atoms with E-state index in [-0.39, 0.29) is 29.0 Å². The first-order valence-corrected chi connectivity index (χ1v) is 11.8. The minimum Gasteiger partial charge on any atom is -0.352 e. The van der Waals surface area contributed by atoms with Gasteiger partial charge in [-0.2, -0.15) is 13.2 Å². The maximum Gasteiger partial charge on any atom is 0.416 e. The van der Waals surface area contributed by atoms with Crippen molar-refractivity contribution in [2.45, 2.75) is 76.8 Å². The molecule has 1 aromatic carbocycles. The average molecular weight is 472 g/mol. The zero-order valence-corrected chi connectivity index (χ0v) is 19.0. The van der Waals surface area contributed by atoms with Crippen molar-refractivity contribution in [2.24, 2.45) is 5.92 Å². The number of hydrogen-bond acceptors (Lipinski definition) is 3. The first-order chi connectivity index (χ1) is 15.7. The molecule has 1 heterocycles. The Balaban J connectivity index is 1.42. The quantitative estimate of drug-likeness (QED) is 0.578. The fraction of sp³-hybridized carbons (Fsp3) is 0.667.